The van der Waals surface area contributed by atoms with Gasteiger partial charge in [-0.1, -0.05) is 54.0 Å². The van der Waals surface area contributed by atoms with Gasteiger partial charge < -0.3 is 19.8 Å². The average molecular weight is 782 g/mol. The molecule has 0 spiro atoms. The van der Waals surface area contributed by atoms with Crippen molar-refractivity contribution in [2.45, 2.75) is 145 Å². The predicted octanol–water partition coefficient (Wildman–Crippen LogP) is 8.26. The lowest BCUT2D eigenvalue weighted by atomic mass is 9.33. The summed E-state index contributed by atoms with van der Waals surface area (Å²) in [7, 11) is 4.17. The smallest absolute Gasteiger partial charge is 0.309 e. The fourth-order valence-electron chi connectivity index (χ4n) is 13.4. The first-order valence-corrected chi connectivity index (χ1v) is 22.1. The van der Waals surface area contributed by atoms with Gasteiger partial charge in [-0.3, -0.25) is 19.3 Å². The highest BCUT2D eigenvalue weighted by atomic mass is 32.1. The highest BCUT2D eigenvalue weighted by Gasteiger charge is 2.71. The summed E-state index contributed by atoms with van der Waals surface area (Å²) in [6.45, 7) is 22.6. The van der Waals surface area contributed by atoms with E-state index in [0.29, 0.717) is 31.3 Å². The van der Waals surface area contributed by atoms with Crippen LogP contribution in [0.25, 0.3) is 0 Å². The Bertz CT molecular complexity index is 1650. The van der Waals surface area contributed by atoms with E-state index in [9.17, 15) is 24.6 Å². The first-order valence-electron chi connectivity index (χ1n) is 21.2. The van der Waals surface area contributed by atoms with E-state index in [0.717, 1.165) is 75.0 Å². The molecule has 1 aromatic heterocycles. The van der Waals surface area contributed by atoms with Crippen molar-refractivity contribution >= 4 is 29.1 Å². The number of ether oxygens (including phenoxy) is 1. The SMILES string of the molecule is CC(C)C1=C2[C@H]3CC[C@@H]4[C@@]5(C)CC[C@H](OC(=O)CC(C)(C)C(=O)O)C(C)(C)[C@@H]5CC[C@@]4(C)[C@]3(C)CCC2(C(O)CN(CCN(C)C)Cc2nccs2)CC1=O. The van der Waals surface area contributed by atoms with Gasteiger partial charge in [-0.05, 0) is 125 Å². The minimum absolute atomic E-state index is 0.0193. The fourth-order valence-corrected chi connectivity index (χ4v) is 14.1. The summed E-state index contributed by atoms with van der Waals surface area (Å²) >= 11 is 1.65. The number of fused-ring (bicyclic) bond motifs is 7. The molecule has 10 heteroatoms. The van der Waals surface area contributed by atoms with Crippen molar-refractivity contribution in [1.29, 1.82) is 0 Å². The molecule has 0 bridgehead atoms. The van der Waals surface area contributed by atoms with E-state index in [2.05, 4.69) is 77.3 Å². The number of rotatable bonds is 13. The summed E-state index contributed by atoms with van der Waals surface area (Å²) in [4.78, 5) is 48.3. The first-order chi connectivity index (χ1) is 25.5. The largest absolute Gasteiger partial charge is 0.481 e. The molecule has 5 aliphatic carbocycles. The van der Waals surface area contributed by atoms with Gasteiger partial charge in [0.15, 0.2) is 5.78 Å². The number of hydrogen-bond donors (Lipinski definition) is 2. The molecule has 5 aliphatic rings. The monoisotopic (exact) mass is 782 g/mol. The first kappa shape index (κ1) is 42.5. The fraction of sp³-hybridized carbons (Fsp3) is 0.822. The van der Waals surface area contributed by atoms with E-state index in [1.165, 1.54) is 5.57 Å². The van der Waals surface area contributed by atoms with Gasteiger partial charge in [0.25, 0.3) is 0 Å². The third-order valence-electron chi connectivity index (χ3n) is 16.6. The summed E-state index contributed by atoms with van der Waals surface area (Å²) in [5.74, 6) is 0.0517. The summed E-state index contributed by atoms with van der Waals surface area (Å²) in [5.41, 5.74) is 0.453. The van der Waals surface area contributed by atoms with E-state index in [1.54, 1.807) is 25.2 Å². The van der Waals surface area contributed by atoms with Gasteiger partial charge in [-0.25, -0.2) is 4.98 Å². The number of ketones is 1. The second-order valence-electron chi connectivity index (χ2n) is 21.0. The Hall–Kier alpha value is -2.14. The highest BCUT2D eigenvalue weighted by molar-refractivity contribution is 7.09. The Labute approximate surface area is 335 Å². The van der Waals surface area contributed by atoms with Crippen LogP contribution in [0.2, 0.25) is 0 Å². The molecular formula is C45H71N3O6S. The molecule has 9 nitrogen and oxygen atoms in total. The Morgan fingerprint density at radius 3 is 2.31 bits per heavy atom. The van der Waals surface area contributed by atoms with Crippen LogP contribution in [0.3, 0.4) is 0 Å². The number of aliphatic carboxylic acids is 1. The molecule has 0 aliphatic heterocycles. The molecule has 9 atom stereocenters. The van der Waals surface area contributed by atoms with Gasteiger partial charge in [0.05, 0.1) is 24.5 Å². The average Bonchev–Trinajstić information content (AvgIpc) is 3.70. The molecule has 4 fully saturated rings. The number of esters is 1. The van der Waals surface area contributed by atoms with Crippen LogP contribution in [0.5, 0.6) is 0 Å². The normalized spacial score (nSPS) is 36.4. The number of thiazole rings is 1. The zero-order valence-electron chi connectivity index (χ0n) is 35.8. The van der Waals surface area contributed by atoms with Crippen molar-refractivity contribution in [3.63, 3.8) is 0 Å². The minimum Gasteiger partial charge on any atom is -0.481 e. The third-order valence-corrected chi connectivity index (χ3v) is 17.4. The number of carboxylic acids is 1. The zero-order chi connectivity index (χ0) is 40.5. The van der Waals surface area contributed by atoms with Gasteiger partial charge in [-0.15, -0.1) is 11.3 Å². The molecule has 2 unspecified atom stereocenters. The molecule has 1 heterocycles. The second-order valence-corrected chi connectivity index (χ2v) is 22.0. The number of carboxylic acid groups (broad SMARTS) is 1. The van der Waals surface area contributed by atoms with E-state index in [-0.39, 0.29) is 51.8 Å². The van der Waals surface area contributed by atoms with Crippen molar-refractivity contribution in [2.75, 3.05) is 33.7 Å². The number of aliphatic hydroxyl groups is 1. The second kappa shape index (κ2) is 14.9. The molecule has 0 aromatic carbocycles. The number of nitrogens with zero attached hydrogens (tertiary/aromatic N) is 3. The molecule has 308 valence electrons. The lowest BCUT2D eigenvalue weighted by Gasteiger charge is -2.72. The quantitative estimate of drug-likeness (QED) is 0.191. The van der Waals surface area contributed by atoms with Crippen LogP contribution in [-0.4, -0.2) is 88.7 Å². The molecule has 0 amide bonds. The molecule has 0 radical (unpaired) electrons. The van der Waals surface area contributed by atoms with Crippen LogP contribution >= 0.6 is 11.3 Å². The summed E-state index contributed by atoms with van der Waals surface area (Å²) in [6, 6.07) is 0. The van der Waals surface area contributed by atoms with Crippen molar-refractivity contribution in [1.82, 2.24) is 14.8 Å². The van der Waals surface area contributed by atoms with E-state index in [1.807, 2.05) is 11.6 Å². The Morgan fingerprint density at radius 1 is 0.982 bits per heavy atom. The minimum atomic E-state index is -1.17. The summed E-state index contributed by atoms with van der Waals surface area (Å²) < 4.78 is 6.19. The lowest BCUT2D eigenvalue weighted by Crippen LogP contribution is -2.66. The van der Waals surface area contributed by atoms with Crippen molar-refractivity contribution < 1.29 is 29.3 Å². The number of allylic oxidation sites excluding steroid dienone is 1. The lowest BCUT2D eigenvalue weighted by molar-refractivity contribution is -0.235. The number of hydrogen-bond acceptors (Lipinski definition) is 9. The van der Waals surface area contributed by atoms with Crippen LogP contribution < -0.4 is 0 Å². The Kier molecular flexibility index (Phi) is 11.5. The topological polar surface area (TPSA) is 120 Å². The van der Waals surface area contributed by atoms with Crippen molar-refractivity contribution in [2.24, 2.45) is 56.2 Å². The van der Waals surface area contributed by atoms with E-state index >= 15 is 0 Å². The Balaban J connectivity index is 1.28. The van der Waals surface area contributed by atoms with Gasteiger partial charge >= 0.3 is 11.9 Å². The van der Waals surface area contributed by atoms with Crippen LogP contribution in [0.1, 0.15) is 132 Å². The third kappa shape index (κ3) is 7.09. The maximum atomic E-state index is 14.3. The maximum absolute atomic E-state index is 14.3. The van der Waals surface area contributed by atoms with E-state index in [4.69, 9.17) is 4.74 Å². The van der Waals surface area contributed by atoms with Crippen LogP contribution in [0.15, 0.2) is 22.7 Å². The summed E-state index contributed by atoms with van der Waals surface area (Å²) in [5, 5.41) is 25.3. The van der Waals surface area contributed by atoms with Gasteiger partial charge in [-0.2, -0.15) is 0 Å². The van der Waals surface area contributed by atoms with E-state index < -0.39 is 28.9 Å². The van der Waals surface area contributed by atoms with Crippen molar-refractivity contribution in [3.8, 4) is 0 Å². The number of carbonyl (C=O) groups is 3. The Morgan fingerprint density at radius 2 is 1.69 bits per heavy atom. The van der Waals surface area contributed by atoms with Gasteiger partial charge in [0.2, 0.25) is 0 Å². The molecule has 55 heavy (non-hydrogen) atoms. The number of likely N-dealkylation sites (N-methyl/N-ethyl adjacent to an activating group) is 1. The summed E-state index contributed by atoms with van der Waals surface area (Å²) in [6.07, 6.45) is 9.08. The van der Waals surface area contributed by atoms with Crippen LogP contribution in [0.4, 0.5) is 0 Å². The number of carbonyl (C=O) groups excluding carboxylic acids is 2. The van der Waals surface area contributed by atoms with Crippen LogP contribution in [-0.2, 0) is 25.7 Å². The van der Waals surface area contributed by atoms with Gasteiger partial charge in [0, 0.05) is 48.5 Å². The molecule has 1 aromatic rings. The number of aromatic nitrogens is 1. The molecule has 6 rings (SSSR count). The zero-order valence-corrected chi connectivity index (χ0v) is 36.6. The molecule has 2 N–H and O–H groups in total. The van der Waals surface area contributed by atoms with Crippen molar-refractivity contribution in [3.05, 3.63) is 27.7 Å². The van der Waals surface area contributed by atoms with Crippen LogP contribution in [0, 0.1) is 56.2 Å². The number of aliphatic hydroxyl groups excluding tert-OH is 1. The predicted molar refractivity (Wildman–Crippen MR) is 217 cm³/mol. The molecule has 0 saturated heterocycles. The standard InChI is InChI=1S/C45H71N3O6S/c1-28(2)37-30(49)24-45(33(50)26-48(22-21-47(10)11)27-35-46-20-23-55-35)19-18-43(8)29(38(37)45)12-13-32-42(7)16-15-34(54-36(51)25-40(3,4)39(52)53)41(5,6)31(42)14-17-44(32,43)9/h20,23,28-29,31-34,50H,12-19,21-22,24-27H2,1-11H3,(H,52,53)/t29-,31+,32-,33?,34+,42+,43-,44-,45?/m1/s1. The van der Waals surface area contributed by atoms with Gasteiger partial charge in [0.1, 0.15) is 11.1 Å². The molecular weight excluding hydrogens is 711 g/mol. The molecule has 4 saturated carbocycles. The maximum Gasteiger partial charge on any atom is 0.309 e. The highest BCUT2D eigenvalue weighted by Crippen LogP contribution is 2.77. The number of Topliss-reactive ketones (excluding diaryl/α,β-unsaturated/α-hetero) is 1.